The van der Waals surface area contributed by atoms with Crippen LogP contribution in [-0.4, -0.2) is 49.4 Å². The van der Waals surface area contributed by atoms with Crippen LogP contribution in [0.2, 0.25) is 0 Å². The third-order valence-electron chi connectivity index (χ3n) is 3.00. The molecular weight excluding hydrogens is 164 g/mol. The van der Waals surface area contributed by atoms with Gasteiger partial charge in [0.05, 0.1) is 0 Å². The molecule has 2 atom stereocenters. The summed E-state index contributed by atoms with van der Waals surface area (Å²) in [5, 5.41) is 0. The third kappa shape index (κ3) is 2.69. The third-order valence-corrected chi connectivity index (χ3v) is 3.00. The Labute approximate surface area is 80.7 Å². The first kappa shape index (κ1) is 10.5. The van der Waals surface area contributed by atoms with E-state index < -0.39 is 0 Å². The van der Waals surface area contributed by atoms with Crippen molar-refractivity contribution in [1.82, 2.24) is 9.80 Å². The van der Waals surface area contributed by atoms with Crippen LogP contribution in [0.1, 0.15) is 13.8 Å². The van der Waals surface area contributed by atoms with E-state index in [-0.39, 0.29) is 5.91 Å². The van der Waals surface area contributed by atoms with E-state index in [0.717, 1.165) is 19.6 Å². The first-order valence-corrected chi connectivity index (χ1v) is 4.91. The van der Waals surface area contributed by atoms with E-state index in [0.29, 0.717) is 11.8 Å². The predicted octanol–water partition coefficient (Wildman–Crippen LogP) is 0.662. The summed E-state index contributed by atoms with van der Waals surface area (Å²) in [6, 6.07) is 0. The van der Waals surface area contributed by atoms with Gasteiger partial charge in [-0.2, -0.15) is 0 Å². The Balaban J connectivity index is 2.41. The molecule has 0 spiro atoms. The minimum absolute atomic E-state index is 0.168. The van der Waals surface area contributed by atoms with E-state index in [1.165, 1.54) is 0 Å². The second kappa shape index (κ2) is 4.09. The van der Waals surface area contributed by atoms with Gasteiger partial charge in [-0.25, -0.2) is 0 Å². The quantitative estimate of drug-likeness (QED) is 0.629. The van der Waals surface area contributed by atoms with Gasteiger partial charge < -0.3 is 9.80 Å². The zero-order valence-electron chi connectivity index (χ0n) is 9.08. The molecule has 0 radical (unpaired) electrons. The van der Waals surface area contributed by atoms with Gasteiger partial charge in [0.1, 0.15) is 0 Å². The molecule has 0 unspecified atom stereocenters. The van der Waals surface area contributed by atoms with Crippen molar-refractivity contribution in [2.45, 2.75) is 13.8 Å². The summed E-state index contributed by atoms with van der Waals surface area (Å²) in [4.78, 5) is 15.2. The highest BCUT2D eigenvalue weighted by Gasteiger charge is 2.28. The highest BCUT2D eigenvalue weighted by atomic mass is 16.2. The average Bonchev–Trinajstić information content (AvgIpc) is 2.30. The summed E-state index contributed by atoms with van der Waals surface area (Å²) in [6.07, 6.45) is 0. The van der Waals surface area contributed by atoms with Crippen molar-refractivity contribution in [2.24, 2.45) is 11.8 Å². The van der Waals surface area contributed by atoms with Gasteiger partial charge in [0.2, 0.25) is 5.91 Å². The topological polar surface area (TPSA) is 23.6 Å². The Bertz CT molecular complexity index is 193. The van der Waals surface area contributed by atoms with Gasteiger partial charge >= 0.3 is 0 Å². The highest BCUT2D eigenvalue weighted by Crippen LogP contribution is 2.21. The molecule has 3 nitrogen and oxygen atoms in total. The Morgan fingerprint density at radius 1 is 1.54 bits per heavy atom. The summed E-state index contributed by atoms with van der Waals surface area (Å²) in [5.41, 5.74) is 0. The van der Waals surface area contributed by atoms with Crippen LogP contribution in [0.4, 0.5) is 0 Å². The molecule has 1 aliphatic rings. The van der Waals surface area contributed by atoms with Crippen molar-refractivity contribution in [1.29, 1.82) is 0 Å². The van der Waals surface area contributed by atoms with Crippen LogP contribution >= 0.6 is 0 Å². The van der Waals surface area contributed by atoms with Gasteiger partial charge in [-0.1, -0.05) is 6.92 Å². The van der Waals surface area contributed by atoms with Gasteiger partial charge in [-0.15, -0.1) is 0 Å². The smallest absolute Gasteiger partial charge is 0.219 e. The predicted molar refractivity (Wildman–Crippen MR) is 53.5 cm³/mol. The minimum Gasteiger partial charge on any atom is -0.346 e. The van der Waals surface area contributed by atoms with Crippen LogP contribution in [0, 0.1) is 11.8 Å². The first-order valence-electron chi connectivity index (χ1n) is 4.91. The van der Waals surface area contributed by atoms with Crippen LogP contribution in [0.5, 0.6) is 0 Å². The molecule has 0 aromatic heterocycles. The lowest BCUT2D eigenvalue weighted by molar-refractivity contribution is -0.128. The molecule has 0 saturated carbocycles. The van der Waals surface area contributed by atoms with Crippen molar-refractivity contribution in [3.63, 3.8) is 0 Å². The molecule has 76 valence electrons. The van der Waals surface area contributed by atoms with Crippen molar-refractivity contribution in [3.8, 4) is 0 Å². The maximum Gasteiger partial charge on any atom is 0.219 e. The average molecular weight is 184 g/mol. The lowest BCUT2D eigenvalue weighted by Gasteiger charge is -2.21. The second-order valence-electron chi connectivity index (χ2n) is 4.36. The van der Waals surface area contributed by atoms with Gasteiger partial charge in [-0.05, 0) is 18.9 Å². The van der Waals surface area contributed by atoms with Crippen molar-refractivity contribution in [2.75, 3.05) is 33.7 Å². The van der Waals surface area contributed by atoms with Crippen molar-refractivity contribution < 1.29 is 4.79 Å². The molecule has 1 heterocycles. The number of hydrogen-bond donors (Lipinski definition) is 0. The van der Waals surface area contributed by atoms with Crippen LogP contribution in [0.15, 0.2) is 0 Å². The van der Waals surface area contributed by atoms with E-state index in [9.17, 15) is 4.79 Å². The van der Waals surface area contributed by atoms with Crippen LogP contribution in [-0.2, 0) is 4.79 Å². The van der Waals surface area contributed by atoms with Crippen LogP contribution < -0.4 is 0 Å². The van der Waals surface area contributed by atoms with E-state index >= 15 is 0 Å². The lowest BCUT2D eigenvalue weighted by Crippen LogP contribution is -2.32. The molecule has 1 aliphatic heterocycles. The molecule has 0 aromatic rings. The summed E-state index contributed by atoms with van der Waals surface area (Å²) >= 11 is 0. The number of rotatable bonds is 2. The van der Waals surface area contributed by atoms with Crippen LogP contribution in [0.25, 0.3) is 0 Å². The van der Waals surface area contributed by atoms with Crippen LogP contribution in [0.3, 0.4) is 0 Å². The first-order chi connectivity index (χ1) is 6.00. The molecule has 0 aromatic carbocycles. The monoisotopic (exact) mass is 184 g/mol. The number of carbonyl (C=O) groups excluding carboxylic acids is 1. The summed E-state index contributed by atoms with van der Waals surface area (Å²) < 4.78 is 0. The fraction of sp³-hybridized carbons (Fsp3) is 0.900. The summed E-state index contributed by atoms with van der Waals surface area (Å²) in [6.45, 7) is 7.08. The van der Waals surface area contributed by atoms with E-state index in [1.54, 1.807) is 6.92 Å². The molecule has 1 rings (SSSR count). The Morgan fingerprint density at radius 3 is 2.54 bits per heavy atom. The fourth-order valence-corrected chi connectivity index (χ4v) is 2.01. The standard InChI is InChI=1S/C10H20N2O/c1-8-5-11(3)6-10(8)7-12(4)9(2)13/h8,10H,5-7H2,1-4H3/t8-,10-/m0/s1. The SMILES string of the molecule is CC(=O)N(C)C[C@@H]1CN(C)C[C@@H]1C. The lowest BCUT2D eigenvalue weighted by atomic mass is 9.98. The molecule has 13 heavy (non-hydrogen) atoms. The number of likely N-dealkylation sites (tertiary alicyclic amines) is 1. The molecule has 0 N–H and O–H groups in total. The maximum atomic E-state index is 11.0. The van der Waals surface area contributed by atoms with Gasteiger partial charge in [0.15, 0.2) is 0 Å². The Hall–Kier alpha value is -0.570. The zero-order chi connectivity index (χ0) is 10.0. The molecule has 0 aliphatic carbocycles. The summed E-state index contributed by atoms with van der Waals surface area (Å²) in [5.74, 6) is 1.53. The fourth-order valence-electron chi connectivity index (χ4n) is 2.01. The largest absolute Gasteiger partial charge is 0.346 e. The molecule has 1 fully saturated rings. The molecule has 0 bridgehead atoms. The second-order valence-corrected chi connectivity index (χ2v) is 4.36. The molecule has 1 amide bonds. The Morgan fingerprint density at radius 2 is 2.15 bits per heavy atom. The molecular formula is C10H20N2O. The minimum atomic E-state index is 0.168. The van der Waals surface area contributed by atoms with E-state index in [2.05, 4.69) is 18.9 Å². The molecule has 1 saturated heterocycles. The maximum absolute atomic E-state index is 11.0. The van der Waals surface area contributed by atoms with E-state index in [4.69, 9.17) is 0 Å². The number of hydrogen-bond acceptors (Lipinski definition) is 2. The van der Waals surface area contributed by atoms with Gasteiger partial charge in [0.25, 0.3) is 0 Å². The number of nitrogens with zero attached hydrogens (tertiary/aromatic N) is 2. The normalized spacial score (nSPS) is 29.2. The number of amides is 1. The van der Waals surface area contributed by atoms with Crippen molar-refractivity contribution in [3.05, 3.63) is 0 Å². The van der Waals surface area contributed by atoms with Crippen molar-refractivity contribution >= 4 is 5.91 Å². The Kier molecular flexibility index (Phi) is 3.31. The van der Waals surface area contributed by atoms with E-state index in [1.807, 2.05) is 11.9 Å². The van der Waals surface area contributed by atoms with Gasteiger partial charge in [0, 0.05) is 33.6 Å². The highest BCUT2D eigenvalue weighted by molar-refractivity contribution is 5.72. The van der Waals surface area contributed by atoms with Gasteiger partial charge in [-0.3, -0.25) is 4.79 Å². The molecule has 3 heteroatoms. The summed E-state index contributed by atoms with van der Waals surface area (Å²) in [7, 11) is 4.03. The number of carbonyl (C=O) groups is 1. The zero-order valence-corrected chi connectivity index (χ0v) is 9.08.